The van der Waals surface area contributed by atoms with Crippen LogP contribution in [0.3, 0.4) is 0 Å². The van der Waals surface area contributed by atoms with Crippen molar-refractivity contribution in [2.45, 2.75) is 30.6 Å². The Kier molecular flexibility index (Phi) is 3.87. The van der Waals surface area contributed by atoms with Crippen molar-refractivity contribution in [3.05, 3.63) is 0 Å². The first kappa shape index (κ1) is 11.1. The van der Waals surface area contributed by atoms with Crippen molar-refractivity contribution in [1.29, 1.82) is 0 Å². The third-order valence-electron chi connectivity index (χ3n) is 2.03. The molecule has 1 fully saturated rings. The summed E-state index contributed by atoms with van der Waals surface area (Å²) in [7, 11) is 0. The molecular weight excluding hydrogens is 202 g/mol. The average Bonchev–Trinajstić information content (AvgIpc) is 2.12. The summed E-state index contributed by atoms with van der Waals surface area (Å²) in [6.07, 6.45) is -4.90. The summed E-state index contributed by atoms with van der Waals surface area (Å²) in [6, 6.07) is -0.973. The number of aliphatic hydroxyl groups is 4. The van der Waals surface area contributed by atoms with E-state index in [4.69, 9.17) is 21.6 Å². The van der Waals surface area contributed by atoms with Gasteiger partial charge in [0.25, 0.3) is 0 Å². The first-order chi connectivity index (χ1) is 6.11. The number of hydrogen-bond acceptors (Lipinski definition) is 6. The highest BCUT2D eigenvalue weighted by Gasteiger charge is 2.43. The van der Waals surface area contributed by atoms with Gasteiger partial charge in [-0.05, 0) is 11.8 Å². The van der Waals surface area contributed by atoms with Crippen molar-refractivity contribution in [3.8, 4) is 0 Å². The average molecular weight is 214 g/mol. The van der Waals surface area contributed by atoms with Crippen LogP contribution in [0.2, 0.25) is 0 Å². The molecule has 5 atom stereocenters. The first-order valence-electron chi connectivity index (χ1n) is 3.78. The Morgan fingerprint density at radius 2 is 1.85 bits per heavy atom. The van der Waals surface area contributed by atoms with Gasteiger partial charge in [0.05, 0.1) is 6.61 Å². The van der Waals surface area contributed by atoms with Gasteiger partial charge in [-0.3, -0.25) is 0 Å². The lowest BCUT2D eigenvalue weighted by atomic mass is 9.98. The van der Waals surface area contributed by atoms with Gasteiger partial charge < -0.3 is 25.2 Å². The molecule has 78 valence electrons. The summed E-state index contributed by atoms with van der Waals surface area (Å²) < 4.78 is 4.77. The van der Waals surface area contributed by atoms with E-state index in [1.54, 1.807) is 0 Å². The smallest absolute Gasteiger partial charge is 0.174 e. The van der Waals surface area contributed by atoms with Crippen LogP contribution >= 0.6 is 11.8 Å². The molecule has 0 aromatic heterocycles. The van der Waals surface area contributed by atoms with Crippen LogP contribution in [0.15, 0.2) is 0 Å². The number of nitrogens with one attached hydrogen (secondary N) is 1. The maximum absolute atomic E-state index is 9.36. The Hall–Kier alpha value is 0.0500. The van der Waals surface area contributed by atoms with Gasteiger partial charge in [0.2, 0.25) is 0 Å². The summed E-state index contributed by atoms with van der Waals surface area (Å²) >= 11 is 5.20. The zero-order valence-electron chi connectivity index (χ0n) is 6.67. The number of ether oxygens (including phenoxy) is 1. The van der Waals surface area contributed by atoms with E-state index in [1.807, 2.05) is 0 Å². The number of rotatable bonds is 2. The minimum absolute atomic E-state index is 0.482. The van der Waals surface area contributed by atoms with Crippen LogP contribution in [0.25, 0.3) is 0 Å². The van der Waals surface area contributed by atoms with Gasteiger partial charge >= 0.3 is 0 Å². The van der Waals surface area contributed by atoms with Gasteiger partial charge in [-0.25, -0.2) is 4.84 Å². The third-order valence-corrected chi connectivity index (χ3v) is 2.28. The molecular formula is C6H12ClNO5. The Morgan fingerprint density at radius 1 is 1.23 bits per heavy atom. The predicted octanol–water partition coefficient (Wildman–Crippen LogP) is -2.47. The fourth-order valence-corrected chi connectivity index (χ4v) is 1.45. The largest absolute Gasteiger partial charge is 0.394 e. The monoisotopic (exact) mass is 213 g/mol. The molecule has 0 aromatic rings. The van der Waals surface area contributed by atoms with Gasteiger partial charge in [0.15, 0.2) is 6.29 Å². The van der Waals surface area contributed by atoms with Gasteiger partial charge in [0, 0.05) is 0 Å². The zero-order valence-corrected chi connectivity index (χ0v) is 7.42. The number of halogens is 1. The molecule has 1 aliphatic rings. The summed E-state index contributed by atoms with van der Waals surface area (Å²) in [5.41, 5.74) is 0. The molecule has 7 heteroatoms. The minimum Gasteiger partial charge on any atom is -0.394 e. The van der Waals surface area contributed by atoms with E-state index in [0.29, 0.717) is 0 Å². The predicted molar refractivity (Wildman–Crippen MR) is 42.8 cm³/mol. The number of aliphatic hydroxyl groups excluding tert-OH is 4. The molecule has 1 saturated heterocycles. The molecule has 5 unspecified atom stereocenters. The molecule has 1 rings (SSSR count). The molecule has 0 saturated carbocycles. The van der Waals surface area contributed by atoms with Crippen molar-refractivity contribution in [2.24, 2.45) is 0 Å². The van der Waals surface area contributed by atoms with Crippen LogP contribution in [0.4, 0.5) is 0 Å². The van der Waals surface area contributed by atoms with E-state index < -0.39 is 37.3 Å². The number of hydrogen-bond donors (Lipinski definition) is 5. The zero-order chi connectivity index (χ0) is 10.0. The molecule has 0 amide bonds. The van der Waals surface area contributed by atoms with Gasteiger partial charge in [-0.2, -0.15) is 0 Å². The van der Waals surface area contributed by atoms with Crippen LogP contribution in [0, 0.1) is 0 Å². The fourth-order valence-electron chi connectivity index (χ4n) is 1.21. The van der Waals surface area contributed by atoms with Crippen molar-refractivity contribution in [3.63, 3.8) is 0 Å². The molecule has 5 N–H and O–H groups in total. The lowest BCUT2D eigenvalue weighted by Crippen LogP contribution is -2.61. The maximum Gasteiger partial charge on any atom is 0.174 e. The molecule has 0 aliphatic carbocycles. The molecule has 6 nitrogen and oxygen atoms in total. The van der Waals surface area contributed by atoms with E-state index >= 15 is 0 Å². The van der Waals surface area contributed by atoms with Crippen molar-refractivity contribution in [1.82, 2.24) is 4.84 Å². The van der Waals surface area contributed by atoms with E-state index in [0.717, 1.165) is 0 Å². The van der Waals surface area contributed by atoms with Crippen molar-refractivity contribution in [2.75, 3.05) is 6.61 Å². The van der Waals surface area contributed by atoms with E-state index in [9.17, 15) is 15.3 Å². The molecule has 0 spiro atoms. The van der Waals surface area contributed by atoms with E-state index in [2.05, 4.69) is 4.84 Å². The molecule has 0 radical (unpaired) electrons. The Morgan fingerprint density at radius 3 is 2.31 bits per heavy atom. The SMILES string of the molecule is OCC1OC(O)C(NCl)C(O)C1O. The minimum atomic E-state index is -1.35. The van der Waals surface area contributed by atoms with Gasteiger partial charge in [0.1, 0.15) is 24.4 Å². The maximum atomic E-state index is 9.36. The lowest BCUT2D eigenvalue weighted by Gasteiger charge is -2.39. The van der Waals surface area contributed by atoms with Crippen LogP contribution in [-0.2, 0) is 4.74 Å². The quantitative estimate of drug-likeness (QED) is 0.326. The standard InChI is InChI=1S/C6H12ClNO5/c7-8-3-5(11)4(10)2(1-9)13-6(3)12/h2-6,8-12H,1H2. The van der Waals surface area contributed by atoms with Gasteiger partial charge in [-0.15, -0.1) is 0 Å². The topological polar surface area (TPSA) is 102 Å². The lowest BCUT2D eigenvalue weighted by molar-refractivity contribution is -0.251. The highest BCUT2D eigenvalue weighted by Crippen LogP contribution is 2.19. The summed E-state index contributed by atoms with van der Waals surface area (Å²) in [6.45, 7) is -0.482. The second-order valence-electron chi connectivity index (χ2n) is 2.86. The highest BCUT2D eigenvalue weighted by atomic mass is 35.5. The van der Waals surface area contributed by atoms with Crippen LogP contribution < -0.4 is 4.84 Å². The van der Waals surface area contributed by atoms with Crippen molar-refractivity contribution >= 4 is 11.8 Å². The van der Waals surface area contributed by atoms with Crippen LogP contribution in [0.1, 0.15) is 0 Å². The van der Waals surface area contributed by atoms with Crippen LogP contribution in [-0.4, -0.2) is 57.7 Å². The second-order valence-corrected chi connectivity index (χ2v) is 3.08. The molecule has 0 aromatic carbocycles. The van der Waals surface area contributed by atoms with Gasteiger partial charge in [-0.1, -0.05) is 0 Å². The Labute approximate surface area is 79.8 Å². The van der Waals surface area contributed by atoms with Crippen LogP contribution in [0.5, 0.6) is 0 Å². The first-order valence-corrected chi connectivity index (χ1v) is 4.16. The molecule has 0 bridgehead atoms. The highest BCUT2D eigenvalue weighted by molar-refractivity contribution is 6.13. The summed E-state index contributed by atoms with van der Waals surface area (Å²) in [4.78, 5) is 2.08. The Bertz CT molecular complexity index is 171. The molecule has 1 heterocycles. The molecule has 13 heavy (non-hydrogen) atoms. The normalized spacial score (nSPS) is 46.4. The third kappa shape index (κ3) is 2.10. The molecule has 1 aliphatic heterocycles. The van der Waals surface area contributed by atoms with E-state index in [-0.39, 0.29) is 0 Å². The fraction of sp³-hybridized carbons (Fsp3) is 1.00. The van der Waals surface area contributed by atoms with E-state index in [1.165, 1.54) is 0 Å². The van der Waals surface area contributed by atoms with Crippen molar-refractivity contribution < 1.29 is 25.2 Å². The summed E-state index contributed by atoms with van der Waals surface area (Å²) in [5.74, 6) is 0. The second kappa shape index (κ2) is 4.52. The summed E-state index contributed by atoms with van der Waals surface area (Å²) in [5, 5.41) is 36.6. The Balaban J connectivity index is 2.66.